The number of benzene rings is 2. The number of likely N-dealkylation sites (N-methyl/N-ethyl adjacent to an activating group) is 1. The number of anilines is 1. The summed E-state index contributed by atoms with van der Waals surface area (Å²) in [6.07, 6.45) is 0.446. The maximum atomic E-state index is 12.8. The van der Waals surface area contributed by atoms with Crippen molar-refractivity contribution in [2.24, 2.45) is 0 Å². The fraction of sp³-hybridized carbons (Fsp3) is 0.381. The Morgan fingerprint density at radius 2 is 1.55 bits per heavy atom. The van der Waals surface area contributed by atoms with Gasteiger partial charge in [0.2, 0.25) is 10.0 Å². The van der Waals surface area contributed by atoms with Crippen LogP contribution in [0.25, 0.3) is 0 Å². The largest absolute Gasteiger partial charge is 0.322 e. The Kier molecular flexibility index (Phi) is 7.15. The van der Waals surface area contributed by atoms with E-state index in [-0.39, 0.29) is 21.1 Å². The first kappa shape index (κ1) is 23.4. The molecule has 2 aromatic rings. The molecule has 1 saturated heterocycles. The third-order valence-corrected chi connectivity index (χ3v) is 9.04. The topological polar surface area (TPSA) is 104 Å². The van der Waals surface area contributed by atoms with Gasteiger partial charge in [-0.1, -0.05) is 19.1 Å². The monoisotopic (exact) mass is 465 g/mol. The van der Waals surface area contributed by atoms with Crippen molar-refractivity contribution in [2.45, 2.75) is 23.1 Å². The summed E-state index contributed by atoms with van der Waals surface area (Å²) in [5, 5.41) is 2.66. The molecule has 0 spiro atoms. The highest BCUT2D eigenvalue weighted by Gasteiger charge is 2.27. The SMILES string of the molecule is CCCS(=O)(=O)c1ccccc1C(=O)Nc1ccc(S(=O)(=O)N2CCN(C)CC2)cc1. The maximum absolute atomic E-state index is 12.8. The van der Waals surface area contributed by atoms with Crippen LogP contribution in [-0.2, 0) is 19.9 Å². The molecule has 0 aromatic heterocycles. The molecule has 1 fully saturated rings. The van der Waals surface area contributed by atoms with Gasteiger partial charge in [-0.05, 0) is 49.9 Å². The van der Waals surface area contributed by atoms with E-state index in [1.807, 2.05) is 7.05 Å². The molecule has 0 aliphatic carbocycles. The highest BCUT2D eigenvalue weighted by molar-refractivity contribution is 7.91. The summed E-state index contributed by atoms with van der Waals surface area (Å²) in [7, 11) is -5.22. The minimum atomic E-state index is -3.60. The van der Waals surface area contributed by atoms with Crippen molar-refractivity contribution in [2.75, 3.05) is 44.3 Å². The van der Waals surface area contributed by atoms with E-state index in [1.54, 1.807) is 19.1 Å². The van der Waals surface area contributed by atoms with Gasteiger partial charge in [-0.3, -0.25) is 4.79 Å². The number of piperazine rings is 1. The molecule has 10 heteroatoms. The smallest absolute Gasteiger partial charge is 0.256 e. The van der Waals surface area contributed by atoms with E-state index in [4.69, 9.17) is 0 Å². The molecule has 1 aliphatic rings. The Morgan fingerprint density at radius 1 is 0.935 bits per heavy atom. The van der Waals surface area contributed by atoms with Crippen molar-refractivity contribution in [1.82, 2.24) is 9.21 Å². The van der Waals surface area contributed by atoms with E-state index in [2.05, 4.69) is 10.2 Å². The van der Waals surface area contributed by atoms with Crippen LogP contribution in [0, 0.1) is 0 Å². The van der Waals surface area contributed by atoms with Crippen molar-refractivity contribution in [1.29, 1.82) is 0 Å². The summed E-state index contributed by atoms with van der Waals surface area (Å²) in [6.45, 7) is 3.97. The van der Waals surface area contributed by atoms with Crippen molar-refractivity contribution < 1.29 is 21.6 Å². The van der Waals surface area contributed by atoms with Gasteiger partial charge >= 0.3 is 0 Å². The van der Waals surface area contributed by atoms with Gasteiger partial charge < -0.3 is 10.2 Å². The van der Waals surface area contributed by atoms with Crippen molar-refractivity contribution >= 4 is 31.5 Å². The summed E-state index contributed by atoms with van der Waals surface area (Å²) in [5.74, 6) is -0.610. The van der Waals surface area contributed by atoms with Crippen molar-refractivity contribution in [3.8, 4) is 0 Å². The molecule has 0 saturated carbocycles. The zero-order valence-corrected chi connectivity index (χ0v) is 19.2. The summed E-state index contributed by atoms with van der Waals surface area (Å²) >= 11 is 0. The highest BCUT2D eigenvalue weighted by atomic mass is 32.2. The van der Waals surface area contributed by atoms with Crippen LogP contribution in [0.3, 0.4) is 0 Å². The minimum Gasteiger partial charge on any atom is -0.322 e. The molecule has 1 aliphatic heterocycles. The van der Waals surface area contributed by atoms with Gasteiger partial charge in [0.05, 0.1) is 21.1 Å². The van der Waals surface area contributed by atoms with Gasteiger partial charge in [-0.15, -0.1) is 0 Å². The molecule has 0 atom stereocenters. The zero-order valence-electron chi connectivity index (χ0n) is 17.6. The number of sulfonamides is 1. The number of amides is 1. The third-order valence-electron chi connectivity index (χ3n) is 5.15. The Bertz CT molecular complexity index is 1140. The van der Waals surface area contributed by atoms with Crippen LogP contribution < -0.4 is 5.32 Å². The van der Waals surface area contributed by atoms with Crippen LogP contribution in [0.15, 0.2) is 58.3 Å². The average Bonchev–Trinajstić information content (AvgIpc) is 2.74. The fourth-order valence-electron chi connectivity index (χ4n) is 3.39. The van der Waals surface area contributed by atoms with Gasteiger partial charge in [0.15, 0.2) is 9.84 Å². The molecule has 0 radical (unpaired) electrons. The van der Waals surface area contributed by atoms with Crippen LogP contribution in [-0.4, -0.2) is 70.9 Å². The van der Waals surface area contributed by atoms with Crippen LogP contribution in [0.2, 0.25) is 0 Å². The molecule has 8 nitrogen and oxygen atoms in total. The van der Waals surface area contributed by atoms with Crippen LogP contribution in [0.1, 0.15) is 23.7 Å². The van der Waals surface area contributed by atoms with Crippen LogP contribution >= 0.6 is 0 Å². The van der Waals surface area contributed by atoms with Crippen LogP contribution in [0.5, 0.6) is 0 Å². The minimum absolute atomic E-state index is 0.0105. The number of sulfone groups is 1. The Balaban J connectivity index is 1.77. The van der Waals surface area contributed by atoms with E-state index in [0.29, 0.717) is 38.3 Å². The summed E-state index contributed by atoms with van der Waals surface area (Å²) in [4.78, 5) is 15.0. The van der Waals surface area contributed by atoms with E-state index < -0.39 is 25.8 Å². The van der Waals surface area contributed by atoms with Gasteiger partial charge in [0, 0.05) is 31.9 Å². The lowest BCUT2D eigenvalue weighted by molar-refractivity contribution is 0.102. The normalized spacial score (nSPS) is 16.2. The first-order valence-electron chi connectivity index (χ1n) is 10.1. The first-order chi connectivity index (χ1) is 14.6. The lowest BCUT2D eigenvalue weighted by Crippen LogP contribution is -2.46. The Hall–Kier alpha value is -2.27. The number of carbonyl (C=O) groups excluding carboxylic acids is 1. The van der Waals surface area contributed by atoms with Gasteiger partial charge in [-0.2, -0.15) is 4.31 Å². The Labute approximate surface area is 183 Å². The summed E-state index contributed by atoms with van der Waals surface area (Å²) in [5.41, 5.74) is 0.440. The molecule has 31 heavy (non-hydrogen) atoms. The second kappa shape index (κ2) is 9.47. The molecular formula is C21H27N3O5S2. The number of hydrogen-bond acceptors (Lipinski definition) is 6. The maximum Gasteiger partial charge on any atom is 0.256 e. The van der Waals surface area contributed by atoms with E-state index in [9.17, 15) is 21.6 Å². The number of hydrogen-bond donors (Lipinski definition) is 1. The molecule has 1 amide bonds. The predicted molar refractivity (Wildman–Crippen MR) is 119 cm³/mol. The zero-order chi connectivity index (χ0) is 22.6. The summed E-state index contributed by atoms with van der Waals surface area (Å²) in [6, 6.07) is 12.0. The fourth-order valence-corrected chi connectivity index (χ4v) is 6.35. The molecule has 0 unspecified atom stereocenters. The average molecular weight is 466 g/mol. The third kappa shape index (κ3) is 5.32. The number of nitrogens with zero attached hydrogens (tertiary/aromatic N) is 2. The number of carbonyl (C=O) groups is 1. The lowest BCUT2D eigenvalue weighted by Gasteiger charge is -2.31. The van der Waals surface area contributed by atoms with Crippen molar-refractivity contribution in [3.05, 3.63) is 54.1 Å². The quantitative estimate of drug-likeness (QED) is 0.671. The Morgan fingerprint density at radius 3 is 2.16 bits per heavy atom. The molecule has 0 bridgehead atoms. The molecule has 1 N–H and O–H groups in total. The predicted octanol–water partition coefficient (Wildman–Crippen LogP) is 2.06. The van der Waals surface area contributed by atoms with Gasteiger partial charge in [0.25, 0.3) is 5.91 Å². The van der Waals surface area contributed by atoms with E-state index >= 15 is 0 Å². The van der Waals surface area contributed by atoms with Gasteiger partial charge in [-0.25, -0.2) is 16.8 Å². The number of nitrogens with one attached hydrogen (secondary N) is 1. The molecule has 2 aromatic carbocycles. The molecule has 168 valence electrons. The second-order valence-electron chi connectivity index (χ2n) is 7.50. The van der Waals surface area contributed by atoms with E-state index in [0.717, 1.165) is 0 Å². The van der Waals surface area contributed by atoms with Crippen LogP contribution in [0.4, 0.5) is 5.69 Å². The second-order valence-corrected chi connectivity index (χ2v) is 11.5. The first-order valence-corrected chi connectivity index (χ1v) is 13.2. The molecule has 3 rings (SSSR count). The molecule has 1 heterocycles. The van der Waals surface area contributed by atoms with E-state index in [1.165, 1.54) is 40.7 Å². The lowest BCUT2D eigenvalue weighted by atomic mass is 10.2. The molecular weight excluding hydrogens is 438 g/mol. The van der Waals surface area contributed by atoms with Gasteiger partial charge in [0.1, 0.15) is 0 Å². The number of rotatable bonds is 7. The highest BCUT2D eigenvalue weighted by Crippen LogP contribution is 2.22. The van der Waals surface area contributed by atoms with Crippen molar-refractivity contribution in [3.63, 3.8) is 0 Å². The standard InChI is InChI=1S/C21H27N3O5S2/c1-3-16-30(26,27)20-7-5-4-6-19(20)21(25)22-17-8-10-18(11-9-17)31(28,29)24-14-12-23(2)13-15-24/h4-11H,3,12-16H2,1-2H3,(H,22,25). The summed E-state index contributed by atoms with van der Waals surface area (Å²) < 4.78 is 52.1.